The van der Waals surface area contributed by atoms with Crippen molar-refractivity contribution in [3.63, 3.8) is 0 Å². The van der Waals surface area contributed by atoms with Gasteiger partial charge in [0, 0.05) is 24.5 Å². The lowest BCUT2D eigenvalue weighted by Gasteiger charge is -2.21. The molecule has 0 radical (unpaired) electrons. The summed E-state index contributed by atoms with van der Waals surface area (Å²) in [5.74, 6) is -1.85. The number of benzene rings is 2. The van der Waals surface area contributed by atoms with E-state index in [1.165, 1.54) is 37.1 Å². The van der Waals surface area contributed by atoms with E-state index >= 15 is 0 Å². The molecule has 2 amide bonds. The van der Waals surface area contributed by atoms with Gasteiger partial charge in [-0.25, -0.2) is 4.79 Å². The van der Waals surface area contributed by atoms with Crippen molar-refractivity contribution in [1.82, 2.24) is 15.1 Å². The average Bonchev–Trinajstić information content (AvgIpc) is 3.31. The minimum atomic E-state index is -4.61. The molecule has 0 spiro atoms. The first-order valence-electron chi connectivity index (χ1n) is 11.2. The Morgan fingerprint density at radius 3 is 2.37 bits per heavy atom. The number of hydrogen-bond donors (Lipinski definition) is 1. The monoisotopic (exact) mass is 531 g/mol. The molecule has 0 saturated carbocycles. The third kappa shape index (κ3) is 6.35. The molecule has 0 atom stereocenters. The highest BCUT2D eigenvalue weighted by molar-refractivity contribution is 6.18. The summed E-state index contributed by atoms with van der Waals surface area (Å²) in [6, 6.07) is 9.93. The Balaban J connectivity index is 1.90. The highest BCUT2D eigenvalue weighted by Crippen LogP contribution is 2.33. The van der Waals surface area contributed by atoms with Crippen LogP contribution in [0.4, 0.5) is 24.9 Å². The number of halogens is 3. The van der Waals surface area contributed by atoms with Crippen molar-refractivity contribution in [2.75, 3.05) is 24.3 Å². The predicted molar refractivity (Wildman–Crippen MR) is 130 cm³/mol. The number of nitrogens with two attached hydrogens (primary N) is 1. The van der Waals surface area contributed by atoms with E-state index < -0.39 is 35.7 Å². The maximum Gasteiger partial charge on any atom is 0.416 e. The minimum Gasteiger partial charge on any atom is -0.462 e. The molecular formula is C25H24F3N5O5. The van der Waals surface area contributed by atoms with E-state index in [-0.39, 0.29) is 36.0 Å². The van der Waals surface area contributed by atoms with Crippen LogP contribution in [0.2, 0.25) is 0 Å². The van der Waals surface area contributed by atoms with Crippen LogP contribution in [0.1, 0.15) is 23.6 Å². The number of amides is 2. The van der Waals surface area contributed by atoms with Gasteiger partial charge in [-0.2, -0.15) is 13.2 Å². The van der Waals surface area contributed by atoms with Crippen LogP contribution in [0.5, 0.6) is 0 Å². The van der Waals surface area contributed by atoms with Crippen LogP contribution in [0.25, 0.3) is 11.5 Å². The second kappa shape index (κ2) is 11.6. The van der Waals surface area contributed by atoms with Crippen LogP contribution in [0, 0.1) is 6.92 Å². The molecule has 200 valence electrons. The quantitative estimate of drug-likeness (QED) is 0.144. The molecule has 0 aliphatic carbocycles. The van der Waals surface area contributed by atoms with Crippen molar-refractivity contribution < 1.29 is 36.7 Å². The molecule has 1 aromatic heterocycles. The molecule has 3 aromatic rings. The molecule has 2 N–H and O–H groups in total. The summed E-state index contributed by atoms with van der Waals surface area (Å²) < 4.78 is 50.1. The molecule has 10 nitrogen and oxygen atoms in total. The number of carbonyl (C=O) groups excluding carboxylic acids is 3. The number of imide groups is 1. The Labute approximate surface area is 215 Å². The summed E-state index contributed by atoms with van der Waals surface area (Å²) in [7, 11) is 1.55. The predicted octanol–water partition coefficient (Wildman–Crippen LogP) is 3.71. The van der Waals surface area contributed by atoms with Gasteiger partial charge in [0.05, 0.1) is 18.7 Å². The van der Waals surface area contributed by atoms with E-state index in [0.29, 0.717) is 16.2 Å². The number of nitrogen functional groups attached to an aromatic ring is 1. The maximum atomic E-state index is 13.3. The second-order valence-electron chi connectivity index (χ2n) is 7.99. The van der Waals surface area contributed by atoms with Crippen molar-refractivity contribution in [2.24, 2.45) is 0 Å². The van der Waals surface area contributed by atoms with Gasteiger partial charge in [-0.1, -0.05) is 17.2 Å². The molecule has 0 fully saturated rings. The zero-order chi connectivity index (χ0) is 28.0. The number of ether oxygens (including phenoxy) is 1. The Morgan fingerprint density at radius 2 is 1.82 bits per heavy atom. The molecule has 0 bridgehead atoms. The Hall–Kier alpha value is -4.68. The fourth-order valence-electron chi connectivity index (χ4n) is 3.52. The number of nitrogens with zero attached hydrogens (tertiary/aromatic N) is 4. The van der Waals surface area contributed by atoms with Gasteiger partial charge in [0.25, 0.3) is 5.91 Å². The van der Waals surface area contributed by atoms with Gasteiger partial charge < -0.3 is 19.8 Å². The number of rotatable bonds is 9. The average molecular weight is 531 g/mol. The van der Waals surface area contributed by atoms with E-state index in [1.54, 1.807) is 31.3 Å². The highest BCUT2D eigenvalue weighted by atomic mass is 19.4. The third-order valence-electron chi connectivity index (χ3n) is 5.49. The SMILES string of the molecule is CCOC(=O)/C(=C/N(C)c1ccc(-c2nnc(N)o2)cc1)C(=O)N(C=O)Cc1cccc(C(F)(F)F)c1C. The van der Waals surface area contributed by atoms with Gasteiger partial charge >= 0.3 is 18.2 Å². The largest absolute Gasteiger partial charge is 0.462 e. The van der Waals surface area contributed by atoms with Crippen LogP contribution >= 0.6 is 0 Å². The van der Waals surface area contributed by atoms with Gasteiger partial charge in [0.2, 0.25) is 12.3 Å². The van der Waals surface area contributed by atoms with Crippen LogP contribution in [0.3, 0.4) is 0 Å². The Kier molecular flexibility index (Phi) is 8.50. The Morgan fingerprint density at radius 1 is 1.13 bits per heavy atom. The number of alkyl halides is 3. The van der Waals surface area contributed by atoms with Crippen molar-refractivity contribution in [3.05, 3.63) is 70.9 Å². The lowest BCUT2D eigenvalue weighted by atomic mass is 10.0. The molecule has 2 aromatic carbocycles. The number of esters is 1. The van der Waals surface area contributed by atoms with E-state index in [2.05, 4.69) is 10.2 Å². The number of carbonyl (C=O) groups is 3. The molecule has 3 rings (SSSR count). The zero-order valence-electron chi connectivity index (χ0n) is 20.7. The van der Waals surface area contributed by atoms with E-state index in [1.807, 2.05) is 0 Å². The van der Waals surface area contributed by atoms with Gasteiger partial charge in [-0.3, -0.25) is 14.5 Å². The standard InChI is InChI=1S/C25H24F3N5O5/c1-4-37-23(36)19(13-32(3)18-10-8-16(9-11-18)21-30-31-24(29)38-21)22(35)33(14-34)12-17-6-5-7-20(15(17)2)25(26,27)28/h5-11,13-14H,4,12H2,1-3H3,(H2,29,31)/b19-13+. The van der Waals surface area contributed by atoms with Gasteiger partial charge in [-0.15, -0.1) is 5.10 Å². The van der Waals surface area contributed by atoms with Gasteiger partial charge in [0.15, 0.2) is 0 Å². The minimum absolute atomic E-state index is 0.0526. The fourth-order valence-corrected chi connectivity index (χ4v) is 3.52. The highest BCUT2D eigenvalue weighted by Gasteiger charge is 2.33. The van der Waals surface area contributed by atoms with Crippen molar-refractivity contribution >= 4 is 30.0 Å². The smallest absolute Gasteiger partial charge is 0.416 e. The normalized spacial score (nSPS) is 11.7. The molecule has 0 unspecified atom stereocenters. The van der Waals surface area contributed by atoms with Crippen LogP contribution < -0.4 is 10.6 Å². The second-order valence-corrected chi connectivity index (χ2v) is 7.99. The van der Waals surface area contributed by atoms with Gasteiger partial charge in [0.1, 0.15) is 5.57 Å². The van der Waals surface area contributed by atoms with E-state index in [4.69, 9.17) is 14.9 Å². The lowest BCUT2D eigenvalue weighted by Crippen LogP contribution is -2.35. The number of aromatic nitrogens is 2. The molecule has 1 heterocycles. The first-order valence-corrected chi connectivity index (χ1v) is 11.2. The summed E-state index contributed by atoms with van der Waals surface area (Å²) in [6.07, 6.45) is -3.28. The van der Waals surface area contributed by atoms with Gasteiger partial charge in [-0.05, 0) is 55.3 Å². The van der Waals surface area contributed by atoms with E-state index in [0.717, 1.165) is 6.07 Å². The van der Waals surface area contributed by atoms with Crippen LogP contribution in [-0.4, -0.2) is 47.0 Å². The van der Waals surface area contributed by atoms with Crippen molar-refractivity contribution in [3.8, 4) is 11.5 Å². The summed E-state index contributed by atoms with van der Waals surface area (Å²) in [6.45, 7) is 2.24. The van der Waals surface area contributed by atoms with E-state index in [9.17, 15) is 27.6 Å². The molecule has 0 saturated heterocycles. The topological polar surface area (TPSA) is 132 Å². The Bertz CT molecular complexity index is 1350. The maximum absolute atomic E-state index is 13.3. The molecule has 0 aliphatic rings. The molecule has 13 heteroatoms. The van der Waals surface area contributed by atoms with Crippen LogP contribution in [0.15, 0.2) is 58.7 Å². The fraction of sp³-hybridized carbons (Fsp3) is 0.240. The van der Waals surface area contributed by atoms with Crippen molar-refractivity contribution in [2.45, 2.75) is 26.6 Å². The number of anilines is 2. The number of hydrogen-bond acceptors (Lipinski definition) is 9. The first-order chi connectivity index (χ1) is 18.0. The lowest BCUT2D eigenvalue weighted by molar-refractivity contribution is -0.143. The summed E-state index contributed by atoms with van der Waals surface area (Å²) in [5, 5.41) is 7.38. The first kappa shape index (κ1) is 27.9. The summed E-state index contributed by atoms with van der Waals surface area (Å²) >= 11 is 0. The molecule has 38 heavy (non-hydrogen) atoms. The third-order valence-corrected chi connectivity index (χ3v) is 5.49. The summed E-state index contributed by atoms with van der Waals surface area (Å²) in [4.78, 5) is 39.8. The molecule has 0 aliphatic heterocycles. The molecular weight excluding hydrogens is 507 g/mol. The van der Waals surface area contributed by atoms with Crippen LogP contribution in [-0.2, 0) is 31.8 Å². The zero-order valence-corrected chi connectivity index (χ0v) is 20.7. The summed E-state index contributed by atoms with van der Waals surface area (Å²) in [5.41, 5.74) is 5.10. The van der Waals surface area contributed by atoms with Crippen molar-refractivity contribution in [1.29, 1.82) is 0 Å².